The highest BCUT2D eigenvalue weighted by Gasteiger charge is 2.45. The molecule has 4 heterocycles. The molecule has 0 unspecified atom stereocenters. The smallest absolute Gasteiger partial charge is 0.320 e. The van der Waals surface area contributed by atoms with Gasteiger partial charge < -0.3 is 86.1 Å². The molecule has 0 bridgehead atoms. The summed E-state index contributed by atoms with van der Waals surface area (Å²) in [5, 5.41) is 103. The van der Waals surface area contributed by atoms with Crippen LogP contribution in [0.25, 0.3) is 0 Å². The number of carboxylic acid groups (broad SMARTS) is 2. The Morgan fingerprint density at radius 3 is 1.17 bits per heavy atom. The van der Waals surface area contributed by atoms with Crippen LogP contribution in [-0.4, -0.2) is 169 Å². The van der Waals surface area contributed by atoms with E-state index in [2.05, 4.69) is 10.6 Å². The lowest BCUT2D eigenvalue weighted by molar-refractivity contribution is -0.231. The van der Waals surface area contributed by atoms with Gasteiger partial charge >= 0.3 is 11.9 Å². The molecule has 420 valence electrons. The van der Waals surface area contributed by atoms with Gasteiger partial charge in [-0.05, 0) is 135 Å². The first-order valence-corrected chi connectivity index (χ1v) is 24.8. The second kappa shape index (κ2) is 32.9. The fraction of sp³-hybridized carbons (Fsp3) is 0.519. The van der Waals surface area contributed by atoms with Crippen LogP contribution >= 0.6 is 23.2 Å². The van der Waals surface area contributed by atoms with Crippen molar-refractivity contribution in [1.29, 1.82) is 0 Å². The number of hydrogen-bond donors (Lipinski definition) is 12. The van der Waals surface area contributed by atoms with Crippen LogP contribution in [0.15, 0.2) is 84.9 Å². The predicted octanol–water partition coefficient (Wildman–Crippen LogP) is 3.78. The van der Waals surface area contributed by atoms with E-state index in [4.69, 9.17) is 52.4 Å². The highest BCUT2D eigenvalue weighted by atomic mass is 35.5. The van der Waals surface area contributed by atoms with E-state index in [-0.39, 0.29) is 32.4 Å². The molecule has 12 atom stereocenters. The van der Waals surface area contributed by atoms with Gasteiger partial charge in [-0.15, -0.1) is 0 Å². The topological polar surface area (TPSA) is 329 Å². The Hall–Kier alpha value is -4.52. The van der Waals surface area contributed by atoms with E-state index in [1.165, 1.54) is 0 Å². The zero-order valence-electron chi connectivity index (χ0n) is 40.7. The summed E-state index contributed by atoms with van der Waals surface area (Å²) in [5.74, 6) is 0.157. The Kier molecular flexibility index (Phi) is 29.2. The first kappa shape index (κ1) is 66.6. The molecule has 0 aromatic heterocycles. The first-order chi connectivity index (χ1) is 34.5. The van der Waals surface area contributed by atoms with Crippen molar-refractivity contribution in [2.24, 2.45) is 0 Å². The number of rotatable bonds is 14. The van der Waals surface area contributed by atoms with Gasteiger partial charge in [0.15, 0.2) is 0 Å². The minimum atomic E-state index is -1.42. The Balaban J connectivity index is 0.000000384. The van der Waals surface area contributed by atoms with E-state index < -0.39 is 86.2 Å². The summed E-state index contributed by atoms with van der Waals surface area (Å²) in [6.45, 7) is 5.85. The molecule has 0 spiro atoms. The molecule has 8 rings (SSSR count). The van der Waals surface area contributed by atoms with E-state index in [1.807, 2.05) is 74.5 Å². The highest BCUT2D eigenvalue weighted by molar-refractivity contribution is 6.31. The third-order valence-corrected chi connectivity index (χ3v) is 13.3. The monoisotopic (exact) mass is 1100 g/mol. The molecule has 4 fully saturated rings. The molecule has 4 aliphatic rings. The lowest BCUT2D eigenvalue weighted by Gasteiger charge is -2.40. The van der Waals surface area contributed by atoms with Crippen molar-refractivity contribution in [3.05, 3.63) is 128 Å². The van der Waals surface area contributed by atoms with Crippen molar-refractivity contribution >= 4 is 35.1 Å². The summed E-state index contributed by atoms with van der Waals surface area (Å²) in [6.07, 6.45) is -7.21. The van der Waals surface area contributed by atoms with Gasteiger partial charge in [0, 0.05) is 10.0 Å². The molecule has 4 aromatic rings. The van der Waals surface area contributed by atoms with Crippen molar-refractivity contribution in [2.45, 2.75) is 140 Å². The second-order valence-corrected chi connectivity index (χ2v) is 18.5. The van der Waals surface area contributed by atoms with Crippen LogP contribution in [0.5, 0.6) is 11.5 Å². The summed E-state index contributed by atoms with van der Waals surface area (Å²) >= 11 is 12.7. The number of nitrogens with one attached hydrogen (secondary N) is 2. The molecule has 19 nitrogen and oxygen atoms in total. The van der Waals surface area contributed by atoms with Gasteiger partial charge in [0.2, 0.25) is 0 Å². The molecular weight excluding hydrogens is 1020 g/mol. The summed E-state index contributed by atoms with van der Waals surface area (Å²) in [7, 11) is 0. The highest BCUT2D eigenvalue weighted by Crippen LogP contribution is 2.36. The molecular formula is C54H78Cl2N2O17. The maximum Gasteiger partial charge on any atom is 0.320 e. The summed E-state index contributed by atoms with van der Waals surface area (Å²) < 4.78 is 22.2. The van der Waals surface area contributed by atoms with E-state index in [0.29, 0.717) is 47.2 Å². The van der Waals surface area contributed by atoms with Gasteiger partial charge in [0.1, 0.15) is 84.6 Å². The SMILES string of the molecule is C.C.CCOc1ccc(Cc2cc([C@@H]3O[C@H](CO)[C@@H](O)[C@H](O)[C@H]3O)ccc2Cl)cc1.CCOc1ccc(Cc2cc([C@@H]3O[C@H](CO)[C@@H](O)[C@H](O)[C@H]3O)ccc2Cl)cc1.O.O=C(O)[C@@H]1CCCN1.O=C(O)[C@@H]1CCCN1. The number of aliphatic hydroxyl groups excluding tert-OH is 8. The molecule has 4 saturated heterocycles. The molecule has 0 aliphatic carbocycles. The summed E-state index contributed by atoms with van der Waals surface area (Å²) in [4.78, 5) is 20.3. The number of carboxylic acids is 2. The molecule has 0 amide bonds. The third-order valence-electron chi connectivity index (χ3n) is 12.6. The van der Waals surface area contributed by atoms with Crippen molar-refractivity contribution in [3.63, 3.8) is 0 Å². The molecule has 14 N–H and O–H groups in total. The Bertz CT molecular complexity index is 2120. The van der Waals surface area contributed by atoms with Gasteiger partial charge in [-0.1, -0.05) is 86.6 Å². The molecule has 4 aliphatic heterocycles. The van der Waals surface area contributed by atoms with Gasteiger partial charge in [-0.25, -0.2) is 0 Å². The molecule has 0 saturated carbocycles. The van der Waals surface area contributed by atoms with Crippen molar-refractivity contribution in [1.82, 2.24) is 10.6 Å². The average Bonchev–Trinajstić information content (AvgIpc) is 4.14. The predicted molar refractivity (Wildman–Crippen MR) is 284 cm³/mol. The maximum absolute atomic E-state index is 10.3. The molecule has 21 heteroatoms. The lowest BCUT2D eigenvalue weighted by Crippen LogP contribution is -2.55. The average molecular weight is 1100 g/mol. The van der Waals surface area contributed by atoms with Crippen LogP contribution in [0.1, 0.15) is 100.0 Å². The van der Waals surface area contributed by atoms with Gasteiger partial charge in [-0.3, -0.25) is 9.59 Å². The lowest BCUT2D eigenvalue weighted by atomic mass is 9.90. The van der Waals surface area contributed by atoms with Crippen LogP contribution in [0.3, 0.4) is 0 Å². The fourth-order valence-electron chi connectivity index (χ4n) is 8.54. The van der Waals surface area contributed by atoms with Crippen LogP contribution in [0.4, 0.5) is 0 Å². The van der Waals surface area contributed by atoms with Crippen LogP contribution in [-0.2, 0) is 31.9 Å². The third kappa shape index (κ3) is 18.9. The van der Waals surface area contributed by atoms with Crippen LogP contribution in [0.2, 0.25) is 10.0 Å². The van der Waals surface area contributed by atoms with Crippen molar-refractivity contribution < 1.29 is 85.1 Å². The number of halogens is 2. The maximum atomic E-state index is 10.3. The van der Waals surface area contributed by atoms with Gasteiger partial charge in [0.25, 0.3) is 0 Å². The number of ether oxygens (including phenoxy) is 4. The number of hydrogen-bond acceptors (Lipinski definition) is 16. The van der Waals surface area contributed by atoms with Gasteiger partial charge in [0.05, 0.1) is 26.4 Å². The van der Waals surface area contributed by atoms with Crippen LogP contribution < -0.4 is 20.1 Å². The minimum Gasteiger partial charge on any atom is -0.494 e. The largest absolute Gasteiger partial charge is 0.494 e. The molecule has 0 radical (unpaired) electrons. The summed E-state index contributed by atoms with van der Waals surface area (Å²) in [5.41, 5.74) is 4.97. The van der Waals surface area contributed by atoms with Gasteiger partial charge in [-0.2, -0.15) is 0 Å². The normalized spacial score (nSPS) is 26.6. The van der Waals surface area contributed by atoms with E-state index in [1.54, 1.807) is 24.3 Å². The number of benzene rings is 4. The van der Waals surface area contributed by atoms with E-state index in [0.717, 1.165) is 72.5 Å². The standard InChI is InChI=1S/2C21H25ClO6.2C5H9NO2.2CH4.H2O/c2*1-2-27-15-6-3-12(4-7-15)9-14-10-13(5-8-16(14)22)21-20(26)19(25)18(24)17(11-23)28-21;2*7-5(8)4-2-1-3-6-4;;;/h2*3-8,10,17-21,23-26H,2,9,11H2,1H3;2*4,6H,1-3H2,(H,7,8);2*1H4;1H2/t2*17-,18-,19+,20-,21+;2*4-;;;/m1100.../s1. The Morgan fingerprint density at radius 1 is 0.560 bits per heavy atom. The summed E-state index contributed by atoms with van der Waals surface area (Å²) in [6, 6.07) is 25.3. The minimum absolute atomic E-state index is 0. The quantitative estimate of drug-likeness (QED) is 0.0855. The van der Waals surface area contributed by atoms with Crippen molar-refractivity contribution in [2.75, 3.05) is 39.5 Å². The zero-order chi connectivity index (χ0) is 52.5. The number of carbonyl (C=O) groups is 2. The van der Waals surface area contributed by atoms with Crippen molar-refractivity contribution in [3.8, 4) is 11.5 Å². The van der Waals surface area contributed by atoms with E-state index in [9.17, 15) is 50.4 Å². The van der Waals surface area contributed by atoms with Crippen LogP contribution in [0, 0.1) is 0 Å². The Morgan fingerprint density at radius 2 is 0.907 bits per heavy atom. The number of aliphatic carboxylic acids is 2. The zero-order valence-corrected chi connectivity index (χ0v) is 42.2. The first-order valence-electron chi connectivity index (χ1n) is 24.0. The fourth-order valence-corrected chi connectivity index (χ4v) is 8.91. The molecule has 75 heavy (non-hydrogen) atoms. The second-order valence-electron chi connectivity index (χ2n) is 17.7. The number of aliphatic hydroxyl groups is 8. The molecule has 4 aromatic carbocycles. The van der Waals surface area contributed by atoms with E-state index >= 15 is 0 Å². The Labute approximate surface area is 448 Å².